The van der Waals surface area contributed by atoms with E-state index >= 15 is 0 Å². The SMILES string of the molecule is Cn1nccc1C(=O)NC1CCN(c2ccc(C#N)cc2)CC1. The summed E-state index contributed by atoms with van der Waals surface area (Å²) in [4.78, 5) is 14.5. The Kier molecular flexibility index (Phi) is 4.29. The van der Waals surface area contributed by atoms with Crippen LogP contribution in [-0.4, -0.2) is 34.8 Å². The highest BCUT2D eigenvalue weighted by Gasteiger charge is 2.22. The topological polar surface area (TPSA) is 74.0 Å². The number of hydrogen-bond donors (Lipinski definition) is 1. The summed E-state index contributed by atoms with van der Waals surface area (Å²) in [6.07, 6.45) is 3.44. The molecule has 1 aliphatic heterocycles. The van der Waals surface area contributed by atoms with E-state index in [1.165, 1.54) is 0 Å². The average molecular weight is 309 g/mol. The number of hydrogen-bond acceptors (Lipinski definition) is 4. The van der Waals surface area contributed by atoms with Crippen molar-refractivity contribution in [3.63, 3.8) is 0 Å². The molecule has 0 radical (unpaired) electrons. The molecule has 0 atom stereocenters. The molecule has 3 rings (SSSR count). The smallest absolute Gasteiger partial charge is 0.269 e. The molecule has 1 amide bonds. The largest absolute Gasteiger partial charge is 0.371 e. The molecule has 2 heterocycles. The van der Waals surface area contributed by atoms with E-state index in [2.05, 4.69) is 21.4 Å². The fraction of sp³-hybridized carbons (Fsp3) is 0.353. The molecule has 1 aliphatic rings. The Labute approximate surface area is 135 Å². The van der Waals surface area contributed by atoms with Crippen LogP contribution in [0.3, 0.4) is 0 Å². The number of anilines is 1. The fourth-order valence-electron chi connectivity index (χ4n) is 2.88. The molecule has 6 nitrogen and oxygen atoms in total. The summed E-state index contributed by atoms with van der Waals surface area (Å²) in [6, 6.07) is 11.7. The Morgan fingerprint density at radius 2 is 1.96 bits per heavy atom. The number of aryl methyl sites for hydroxylation is 1. The van der Waals surface area contributed by atoms with E-state index in [0.717, 1.165) is 31.6 Å². The number of nitrogens with zero attached hydrogens (tertiary/aromatic N) is 4. The number of aromatic nitrogens is 2. The van der Waals surface area contributed by atoms with Gasteiger partial charge in [0, 0.05) is 38.1 Å². The Hall–Kier alpha value is -2.81. The molecule has 0 aliphatic carbocycles. The molecular weight excluding hydrogens is 290 g/mol. The van der Waals surface area contributed by atoms with Crippen LogP contribution in [0.5, 0.6) is 0 Å². The molecule has 1 aromatic heterocycles. The van der Waals surface area contributed by atoms with E-state index in [4.69, 9.17) is 5.26 Å². The number of carbonyl (C=O) groups is 1. The third-order valence-electron chi connectivity index (χ3n) is 4.25. The van der Waals surface area contributed by atoms with E-state index in [1.807, 2.05) is 24.3 Å². The maximum atomic E-state index is 12.2. The van der Waals surface area contributed by atoms with Gasteiger partial charge in [-0.2, -0.15) is 10.4 Å². The maximum Gasteiger partial charge on any atom is 0.269 e. The third kappa shape index (κ3) is 3.34. The van der Waals surface area contributed by atoms with Crippen LogP contribution in [0.25, 0.3) is 0 Å². The molecule has 23 heavy (non-hydrogen) atoms. The molecule has 1 aromatic carbocycles. The van der Waals surface area contributed by atoms with Crippen LogP contribution in [-0.2, 0) is 7.05 Å². The number of benzene rings is 1. The summed E-state index contributed by atoms with van der Waals surface area (Å²) in [5, 5.41) is 15.9. The molecule has 1 saturated heterocycles. The van der Waals surface area contributed by atoms with E-state index < -0.39 is 0 Å². The first kappa shape index (κ1) is 15.1. The molecule has 6 heteroatoms. The van der Waals surface area contributed by atoms with Gasteiger partial charge in [0.1, 0.15) is 5.69 Å². The molecule has 0 bridgehead atoms. The average Bonchev–Trinajstić information content (AvgIpc) is 3.02. The van der Waals surface area contributed by atoms with Crippen molar-refractivity contribution in [2.75, 3.05) is 18.0 Å². The second kappa shape index (κ2) is 6.53. The van der Waals surface area contributed by atoms with Crippen molar-refractivity contribution in [2.24, 2.45) is 7.05 Å². The normalized spacial score (nSPS) is 15.2. The summed E-state index contributed by atoms with van der Waals surface area (Å²) in [5.74, 6) is -0.0678. The minimum absolute atomic E-state index is 0.0678. The first-order valence-corrected chi connectivity index (χ1v) is 7.71. The first-order valence-electron chi connectivity index (χ1n) is 7.71. The highest BCUT2D eigenvalue weighted by atomic mass is 16.2. The predicted octanol–water partition coefficient (Wildman–Crippen LogP) is 1.69. The molecule has 0 spiro atoms. The highest BCUT2D eigenvalue weighted by Crippen LogP contribution is 2.20. The summed E-state index contributed by atoms with van der Waals surface area (Å²) in [7, 11) is 1.77. The molecule has 118 valence electrons. The summed E-state index contributed by atoms with van der Waals surface area (Å²) in [6.45, 7) is 1.78. The Bertz CT molecular complexity index is 720. The van der Waals surface area contributed by atoms with Crippen molar-refractivity contribution in [3.8, 4) is 6.07 Å². The van der Waals surface area contributed by atoms with Crippen molar-refractivity contribution >= 4 is 11.6 Å². The predicted molar refractivity (Wildman–Crippen MR) is 87.1 cm³/mol. The number of nitrogens with one attached hydrogen (secondary N) is 1. The molecule has 1 N–H and O–H groups in total. The number of piperidine rings is 1. The third-order valence-corrected chi connectivity index (χ3v) is 4.25. The number of rotatable bonds is 3. The monoisotopic (exact) mass is 309 g/mol. The molecular formula is C17H19N5O. The van der Waals surface area contributed by atoms with Gasteiger partial charge >= 0.3 is 0 Å². The quantitative estimate of drug-likeness (QED) is 0.936. The number of amides is 1. The van der Waals surface area contributed by atoms with Gasteiger partial charge in [0.25, 0.3) is 5.91 Å². The minimum Gasteiger partial charge on any atom is -0.371 e. The lowest BCUT2D eigenvalue weighted by Crippen LogP contribution is -2.45. The van der Waals surface area contributed by atoms with Gasteiger partial charge in [-0.15, -0.1) is 0 Å². The van der Waals surface area contributed by atoms with Gasteiger partial charge in [-0.3, -0.25) is 9.48 Å². The van der Waals surface area contributed by atoms with Gasteiger partial charge in [-0.1, -0.05) is 0 Å². The van der Waals surface area contributed by atoms with E-state index in [1.54, 1.807) is 24.0 Å². The van der Waals surface area contributed by atoms with Gasteiger partial charge in [0.15, 0.2) is 0 Å². The Morgan fingerprint density at radius 3 is 2.52 bits per heavy atom. The van der Waals surface area contributed by atoms with Crippen molar-refractivity contribution in [3.05, 3.63) is 47.8 Å². The minimum atomic E-state index is -0.0678. The number of nitriles is 1. The molecule has 0 saturated carbocycles. The lowest BCUT2D eigenvalue weighted by Gasteiger charge is -2.34. The van der Waals surface area contributed by atoms with E-state index in [9.17, 15) is 4.79 Å². The van der Waals surface area contributed by atoms with Crippen LogP contribution in [0.2, 0.25) is 0 Å². The zero-order valence-corrected chi connectivity index (χ0v) is 13.1. The second-order valence-corrected chi connectivity index (χ2v) is 5.73. The summed E-state index contributed by atoms with van der Waals surface area (Å²) < 4.78 is 1.58. The van der Waals surface area contributed by atoms with E-state index in [-0.39, 0.29) is 11.9 Å². The summed E-state index contributed by atoms with van der Waals surface area (Å²) in [5.41, 5.74) is 2.38. The van der Waals surface area contributed by atoms with Gasteiger partial charge in [0.05, 0.1) is 11.6 Å². The van der Waals surface area contributed by atoms with Crippen LogP contribution in [0.15, 0.2) is 36.5 Å². The zero-order valence-electron chi connectivity index (χ0n) is 13.1. The second-order valence-electron chi connectivity index (χ2n) is 5.73. The van der Waals surface area contributed by atoms with Crippen LogP contribution < -0.4 is 10.2 Å². The van der Waals surface area contributed by atoms with Gasteiger partial charge in [0.2, 0.25) is 0 Å². The fourth-order valence-corrected chi connectivity index (χ4v) is 2.88. The first-order chi connectivity index (χ1) is 11.2. The molecule has 2 aromatic rings. The zero-order chi connectivity index (χ0) is 16.2. The molecule has 0 unspecified atom stereocenters. The standard InChI is InChI=1S/C17H19N5O/c1-21-16(6-9-19-21)17(23)20-14-7-10-22(11-8-14)15-4-2-13(12-18)3-5-15/h2-6,9,14H,7-8,10-11H2,1H3,(H,20,23). The number of carbonyl (C=O) groups excluding carboxylic acids is 1. The van der Waals surface area contributed by atoms with Crippen LogP contribution >= 0.6 is 0 Å². The van der Waals surface area contributed by atoms with Gasteiger partial charge in [-0.05, 0) is 43.2 Å². The van der Waals surface area contributed by atoms with Crippen molar-refractivity contribution in [2.45, 2.75) is 18.9 Å². The van der Waals surface area contributed by atoms with Crippen LogP contribution in [0, 0.1) is 11.3 Å². The van der Waals surface area contributed by atoms with E-state index in [0.29, 0.717) is 11.3 Å². The lowest BCUT2D eigenvalue weighted by molar-refractivity contribution is 0.0921. The van der Waals surface area contributed by atoms with Crippen molar-refractivity contribution in [1.29, 1.82) is 5.26 Å². The Balaban J connectivity index is 1.55. The highest BCUT2D eigenvalue weighted by molar-refractivity contribution is 5.92. The lowest BCUT2D eigenvalue weighted by atomic mass is 10.0. The Morgan fingerprint density at radius 1 is 1.26 bits per heavy atom. The van der Waals surface area contributed by atoms with Crippen LogP contribution in [0.1, 0.15) is 28.9 Å². The van der Waals surface area contributed by atoms with Gasteiger partial charge < -0.3 is 10.2 Å². The van der Waals surface area contributed by atoms with Crippen molar-refractivity contribution in [1.82, 2.24) is 15.1 Å². The van der Waals surface area contributed by atoms with Crippen molar-refractivity contribution < 1.29 is 4.79 Å². The maximum absolute atomic E-state index is 12.2. The summed E-state index contributed by atoms with van der Waals surface area (Å²) >= 11 is 0. The molecule has 1 fully saturated rings. The van der Waals surface area contributed by atoms with Gasteiger partial charge in [-0.25, -0.2) is 0 Å². The van der Waals surface area contributed by atoms with Crippen LogP contribution in [0.4, 0.5) is 5.69 Å².